The molecule has 5 heteroatoms. The predicted molar refractivity (Wildman–Crippen MR) is 151 cm³/mol. The monoisotopic (exact) mass is 496 g/mol. The minimum Gasteiger partial charge on any atom is -0.356 e. The first-order valence-electron chi connectivity index (χ1n) is 15.3. The zero-order valence-electron chi connectivity index (χ0n) is 24.2. The lowest BCUT2D eigenvalue weighted by Gasteiger charge is -2.29. The van der Waals surface area contributed by atoms with Crippen LogP contribution in [0.25, 0.3) is 0 Å². The van der Waals surface area contributed by atoms with Crippen LogP contribution in [-0.4, -0.2) is 50.2 Å². The Hall–Kier alpha value is -1.10. The molecule has 0 aromatic rings. The molecule has 0 fully saturated rings. The second-order valence-electron chi connectivity index (χ2n) is 11.3. The number of quaternary nitrogens is 1. The highest BCUT2D eigenvalue weighted by atomic mass is 16.2. The van der Waals surface area contributed by atoms with Crippen molar-refractivity contribution in [2.45, 2.75) is 149 Å². The van der Waals surface area contributed by atoms with E-state index in [-0.39, 0.29) is 11.8 Å². The van der Waals surface area contributed by atoms with Crippen LogP contribution in [0.5, 0.6) is 0 Å². The summed E-state index contributed by atoms with van der Waals surface area (Å²) in [5.41, 5.74) is 0. The minimum atomic E-state index is 0.174. The van der Waals surface area contributed by atoms with E-state index in [2.05, 4.69) is 38.6 Å². The lowest BCUT2D eigenvalue weighted by molar-refractivity contribution is -0.892. The topological polar surface area (TPSA) is 58.2 Å². The molecule has 0 bridgehead atoms. The number of nitrogens with one attached hydrogen (secondary N) is 2. The van der Waals surface area contributed by atoms with Crippen LogP contribution in [0.1, 0.15) is 149 Å². The molecule has 0 saturated heterocycles. The number of amides is 2. The fourth-order valence-corrected chi connectivity index (χ4v) is 4.49. The summed E-state index contributed by atoms with van der Waals surface area (Å²) >= 11 is 0. The predicted octanol–water partition coefficient (Wildman–Crippen LogP) is 7.48. The van der Waals surface area contributed by atoms with Crippen LogP contribution < -0.4 is 10.6 Å². The zero-order valence-corrected chi connectivity index (χ0v) is 24.2. The Balaban J connectivity index is 3.57. The smallest absolute Gasteiger partial charge is 0.224 e. The molecule has 5 nitrogen and oxygen atoms in total. The Morgan fingerprint density at radius 1 is 0.514 bits per heavy atom. The van der Waals surface area contributed by atoms with Crippen molar-refractivity contribution in [2.24, 2.45) is 0 Å². The minimum absolute atomic E-state index is 0.174. The molecule has 0 aliphatic carbocycles. The molecular weight excluding hydrogens is 434 g/mol. The summed E-state index contributed by atoms with van der Waals surface area (Å²) in [5.74, 6) is 0.362. The third-order valence-electron chi connectivity index (χ3n) is 6.98. The van der Waals surface area contributed by atoms with Gasteiger partial charge in [-0.3, -0.25) is 9.59 Å². The van der Waals surface area contributed by atoms with Crippen molar-refractivity contribution in [3.63, 3.8) is 0 Å². The molecule has 208 valence electrons. The van der Waals surface area contributed by atoms with Gasteiger partial charge in [-0.2, -0.15) is 0 Å². The van der Waals surface area contributed by atoms with Gasteiger partial charge in [-0.15, -0.1) is 0 Å². The molecular formula is C30H62N3O2+. The van der Waals surface area contributed by atoms with Gasteiger partial charge in [0.05, 0.1) is 20.6 Å². The lowest BCUT2D eigenvalue weighted by Crippen LogP contribution is -2.49. The largest absolute Gasteiger partial charge is 0.356 e. The highest BCUT2D eigenvalue weighted by molar-refractivity contribution is 5.76. The van der Waals surface area contributed by atoms with E-state index >= 15 is 0 Å². The molecule has 35 heavy (non-hydrogen) atoms. The third kappa shape index (κ3) is 25.8. The Morgan fingerprint density at radius 2 is 0.886 bits per heavy atom. The Morgan fingerprint density at radius 3 is 1.31 bits per heavy atom. The van der Waals surface area contributed by atoms with Crippen LogP contribution in [0.3, 0.4) is 0 Å². The van der Waals surface area contributed by atoms with Gasteiger partial charge in [-0.1, -0.05) is 117 Å². The zero-order chi connectivity index (χ0) is 26.0. The molecule has 0 aromatic heterocycles. The van der Waals surface area contributed by atoms with Crippen LogP contribution in [0.15, 0.2) is 0 Å². The van der Waals surface area contributed by atoms with Crippen molar-refractivity contribution >= 4 is 11.8 Å². The first-order valence-corrected chi connectivity index (χ1v) is 15.3. The van der Waals surface area contributed by atoms with Crippen LogP contribution in [0, 0.1) is 0 Å². The van der Waals surface area contributed by atoms with Crippen molar-refractivity contribution in [2.75, 3.05) is 33.9 Å². The van der Waals surface area contributed by atoms with Crippen LogP contribution in [-0.2, 0) is 9.59 Å². The van der Waals surface area contributed by atoms with Crippen molar-refractivity contribution in [3.05, 3.63) is 0 Å². The van der Waals surface area contributed by atoms with E-state index in [0.29, 0.717) is 19.5 Å². The van der Waals surface area contributed by atoms with E-state index in [1.165, 1.54) is 96.3 Å². The van der Waals surface area contributed by atoms with E-state index in [1.54, 1.807) is 0 Å². The van der Waals surface area contributed by atoms with E-state index in [4.69, 9.17) is 0 Å². The highest BCUT2D eigenvalue weighted by Crippen LogP contribution is 2.11. The SMILES string of the molecule is CCCCCCCCCCCC(=O)NCCC[N+](C)(C)CNC(=O)CCCCCCCCCCC. The van der Waals surface area contributed by atoms with Crippen molar-refractivity contribution < 1.29 is 14.1 Å². The maximum absolute atomic E-state index is 12.2. The number of hydrogen-bond acceptors (Lipinski definition) is 2. The molecule has 2 N–H and O–H groups in total. The summed E-state index contributed by atoms with van der Waals surface area (Å²) < 4.78 is 0.748. The third-order valence-corrected chi connectivity index (χ3v) is 6.98. The van der Waals surface area contributed by atoms with Gasteiger partial charge in [0.2, 0.25) is 11.8 Å². The summed E-state index contributed by atoms with van der Waals surface area (Å²) in [4.78, 5) is 24.2. The number of carbonyl (C=O) groups is 2. The van der Waals surface area contributed by atoms with Gasteiger partial charge in [0.15, 0.2) is 6.67 Å². The summed E-state index contributed by atoms with van der Waals surface area (Å²) in [6, 6.07) is 0. The molecule has 0 atom stereocenters. The molecule has 0 unspecified atom stereocenters. The summed E-state index contributed by atoms with van der Waals surface area (Å²) in [6.07, 6.45) is 25.2. The van der Waals surface area contributed by atoms with Crippen molar-refractivity contribution in [1.29, 1.82) is 0 Å². The van der Waals surface area contributed by atoms with E-state index in [1.807, 2.05) is 0 Å². The van der Waals surface area contributed by atoms with Gasteiger partial charge >= 0.3 is 0 Å². The number of rotatable bonds is 26. The quantitative estimate of drug-likeness (QED) is 0.0740. The molecule has 0 aliphatic rings. The molecule has 0 saturated carbocycles. The summed E-state index contributed by atoms with van der Waals surface area (Å²) in [7, 11) is 4.28. The molecule has 2 amide bonds. The maximum atomic E-state index is 12.2. The fourth-order valence-electron chi connectivity index (χ4n) is 4.49. The van der Waals surface area contributed by atoms with E-state index in [0.717, 1.165) is 43.3 Å². The second kappa shape index (κ2) is 24.6. The van der Waals surface area contributed by atoms with Gasteiger partial charge in [0.25, 0.3) is 0 Å². The Labute approximate surface area is 219 Å². The van der Waals surface area contributed by atoms with Crippen molar-refractivity contribution in [1.82, 2.24) is 10.6 Å². The Kier molecular flexibility index (Phi) is 23.8. The van der Waals surface area contributed by atoms with Crippen LogP contribution in [0.4, 0.5) is 0 Å². The Bertz CT molecular complexity index is 494. The van der Waals surface area contributed by atoms with Gasteiger partial charge in [0, 0.05) is 25.8 Å². The molecule has 0 aliphatic heterocycles. The number of carbonyl (C=O) groups excluding carboxylic acids is 2. The summed E-state index contributed by atoms with van der Waals surface area (Å²) in [6.45, 7) is 6.83. The molecule has 0 radical (unpaired) electrons. The van der Waals surface area contributed by atoms with Gasteiger partial charge < -0.3 is 15.1 Å². The molecule has 0 spiro atoms. The van der Waals surface area contributed by atoms with E-state index < -0.39 is 0 Å². The highest BCUT2D eigenvalue weighted by Gasteiger charge is 2.15. The standard InChI is InChI=1S/C30H61N3O2/c1-5-7-9-11-13-15-17-19-21-24-29(34)31-26-23-27-33(3,4)28-32-30(35)25-22-20-18-16-14-12-10-8-6-2/h5-28H2,1-4H3,(H-,31,32,34,35)/p+1. The molecule has 0 aromatic carbocycles. The number of nitrogens with zero attached hydrogens (tertiary/aromatic N) is 1. The number of hydrogen-bond donors (Lipinski definition) is 2. The van der Waals surface area contributed by atoms with Gasteiger partial charge in [0.1, 0.15) is 0 Å². The first-order chi connectivity index (χ1) is 16.9. The summed E-state index contributed by atoms with van der Waals surface area (Å²) in [5, 5.41) is 6.17. The maximum Gasteiger partial charge on any atom is 0.224 e. The molecule has 0 heterocycles. The van der Waals surface area contributed by atoms with Crippen molar-refractivity contribution in [3.8, 4) is 0 Å². The normalized spacial score (nSPS) is 11.5. The lowest BCUT2D eigenvalue weighted by atomic mass is 10.1. The fraction of sp³-hybridized carbons (Fsp3) is 0.933. The van der Waals surface area contributed by atoms with E-state index in [9.17, 15) is 9.59 Å². The van der Waals surface area contributed by atoms with Crippen LogP contribution in [0.2, 0.25) is 0 Å². The first kappa shape index (κ1) is 33.9. The second-order valence-corrected chi connectivity index (χ2v) is 11.3. The van der Waals surface area contributed by atoms with Gasteiger partial charge in [-0.25, -0.2) is 0 Å². The molecule has 0 rings (SSSR count). The average Bonchev–Trinajstić information content (AvgIpc) is 2.83. The average molecular weight is 497 g/mol. The number of unbranched alkanes of at least 4 members (excludes halogenated alkanes) is 16. The van der Waals surface area contributed by atoms with Gasteiger partial charge in [-0.05, 0) is 12.8 Å². The van der Waals surface area contributed by atoms with Crippen LogP contribution >= 0.6 is 0 Å².